The number of anilines is 1. The topological polar surface area (TPSA) is 98.5 Å². The summed E-state index contributed by atoms with van der Waals surface area (Å²) >= 11 is 0. The fraction of sp³-hybridized carbons (Fsp3) is 0.235. The van der Waals surface area contributed by atoms with Crippen LogP contribution in [0.15, 0.2) is 53.4 Å². The van der Waals surface area contributed by atoms with E-state index in [1.807, 2.05) is 24.3 Å². The minimum atomic E-state index is -3.73. The number of sulfonamides is 1. The number of rotatable bonds is 7. The molecule has 0 heterocycles. The number of primary sulfonamides is 1. The van der Waals surface area contributed by atoms with Crippen LogP contribution in [0.25, 0.3) is 0 Å². The van der Waals surface area contributed by atoms with Gasteiger partial charge >= 0.3 is 0 Å². The first-order valence-electron chi connectivity index (χ1n) is 7.53. The molecule has 7 heteroatoms. The van der Waals surface area contributed by atoms with Gasteiger partial charge in [-0.2, -0.15) is 0 Å². The number of nitrogens with one attached hydrogen (secondary N) is 1. The molecule has 1 amide bonds. The first kappa shape index (κ1) is 18.0. The van der Waals surface area contributed by atoms with E-state index in [0.717, 1.165) is 12.2 Å². The normalized spacial score (nSPS) is 11.1. The fourth-order valence-electron chi connectivity index (χ4n) is 2.03. The molecule has 0 fully saturated rings. The highest BCUT2D eigenvalue weighted by atomic mass is 32.2. The molecular formula is C17H20N2O4S. The van der Waals surface area contributed by atoms with E-state index in [9.17, 15) is 13.2 Å². The molecule has 3 N–H and O–H groups in total. The largest absolute Gasteiger partial charge is 0.493 e. The number of benzene rings is 2. The Labute approximate surface area is 141 Å². The summed E-state index contributed by atoms with van der Waals surface area (Å²) in [4.78, 5) is 11.9. The molecule has 24 heavy (non-hydrogen) atoms. The van der Waals surface area contributed by atoms with Crippen molar-refractivity contribution in [2.24, 2.45) is 5.14 Å². The lowest BCUT2D eigenvalue weighted by atomic mass is 10.2. The van der Waals surface area contributed by atoms with Gasteiger partial charge in [-0.05, 0) is 48.4 Å². The van der Waals surface area contributed by atoms with Crippen LogP contribution in [-0.2, 0) is 21.2 Å². The SMILES string of the molecule is CCc1ccc(OCCC(=O)Nc2ccc(S(N)(=O)=O)cc2)cc1. The minimum Gasteiger partial charge on any atom is -0.493 e. The first-order chi connectivity index (χ1) is 11.4. The Morgan fingerprint density at radius 3 is 2.25 bits per heavy atom. The van der Waals surface area contributed by atoms with Gasteiger partial charge in [0.25, 0.3) is 0 Å². The second-order valence-corrected chi connectivity index (χ2v) is 6.77. The van der Waals surface area contributed by atoms with E-state index in [0.29, 0.717) is 5.69 Å². The molecule has 0 atom stereocenters. The van der Waals surface area contributed by atoms with Crippen molar-refractivity contribution in [3.8, 4) is 5.75 Å². The first-order valence-corrected chi connectivity index (χ1v) is 9.07. The Balaban J connectivity index is 1.80. The van der Waals surface area contributed by atoms with Crippen molar-refractivity contribution in [1.29, 1.82) is 0 Å². The number of aryl methyl sites for hydroxylation is 1. The zero-order valence-electron chi connectivity index (χ0n) is 13.4. The number of hydrogen-bond donors (Lipinski definition) is 2. The van der Waals surface area contributed by atoms with Crippen LogP contribution in [0.3, 0.4) is 0 Å². The number of nitrogens with two attached hydrogens (primary N) is 1. The third-order valence-electron chi connectivity index (χ3n) is 3.40. The molecule has 128 valence electrons. The van der Waals surface area contributed by atoms with Crippen LogP contribution >= 0.6 is 0 Å². The van der Waals surface area contributed by atoms with Crippen LogP contribution in [0.4, 0.5) is 5.69 Å². The molecule has 0 saturated heterocycles. The zero-order chi connectivity index (χ0) is 17.6. The molecule has 0 aliphatic rings. The molecule has 0 unspecified atom stereocenters. The molecule has 0 spiro atoms. The van der Waals surface area contributed by atoms with Gasteiger partial charge in [0, 0.05) is 5.69 Å². The van der Waals surface area contributed by atoms with E-state index in [1.165, 1.54) is 29.8 Å². The van der Waals surface area contributed by atoms with E-state index >= 15 is 0 Å². The van der Waals surface area contributed by atoms with Gasteiger partial charge in [0.05, 0.1) is 17.9 Å². The highest BCUT2D eigenvalue weighted by molar-refractivity contribution is 7.89. The lowest BCUT2D eigenvalue weighted by Crippen LogP contribution is -2.16. The van der Waals surface area contributed by atoms with E-state index in [-0.39, 0.29) is 23.8 Å². The lowest BCUT2D eigenvalue weighted by molar-refractivity contribution is -0.116. The average Bonchev–Trinajstić information content (AvgIpc) is 2.55. The third kappa shape index (κ3) is 5.36. The molecule has 0 saturated carbocycles. The lowest BCUT2D eigenvalue weighted by Gasteiger charge is -2.08. The Kier molecular flexibility index (Phi) is 5.94. The van der Waals surface area contributed by atoms with Crippen LogP contribution < -0.4 is 15.2 Å². The molecule has 2 aromatic rings. The van der Waals surface area contributed by atoms with E-state index in [2.05, 4.69) is 12.2 Å². The number of carbonyl (C=O) groups excluding carboxylic acids is 1. The van der Waals surface area contributed by atoms with E-state index in [4.69, 9.17) is 9.88 Å². The van der Waals surface area contributed by atoms with Gasteiger partial charge in [0.1, 0.15) is 5.75 Å². The molecule has 2 rings (SSSR count). The van der Waals surface area contributed by atoms with Crippen molar-refractivity contribution in [2.75, 3.05) is 11.9 Å². The summed E-state index contributed by atoms with van der Waals surface area (Å²) < 4.78 is 27.8. The maximum atomic E-state index is 11.9. The van der Waals surface area contributed by atoms with Gasteiger partial charge in [0.15, 0.2) is 0 Å². The summed E-state index contributed by atoms with van der Waals surface area (Å²) in [6.07, 6.45) is 1.15. The number of carbonyl (C=O) groups is 1. The van der Waals surface area contributed by atoms with Crippen molar-refractivity contribution in [3.63, 3.8) is 0 Å². The summed E-state index contributed by atoms with van der Waals surface area (Å²) in [5.74, 6) is 0.501. The summed E-state index contributed by atoms with van der Waals surface area (Å²) in [5.41, 5.74) is 1.72. The van der Waals surface area contributed by atoms with Crippen molar-refractivity contribution in [3.05, 3.63) is 54.1 Å². The summed E-state index contributed by atoms with van der Waals surface area (Å²) in [6, 6.07) is 13.4. The van der Waals surface area contributed by atoms with Gasteiger partial charge in [-0.1, -0.05) is 19.1 Å². The number of amides is 1. The Bertz CT molecular complexity index is 784. The molecule has 6 nitrogen and oxygen atoms in total. The minimum absolute atomic E-state index is 0.000594. The summed E-state index contributed by atoms with van der Waals surface area (Å²) in [6.45, 7) is 2.34. The zero-order valence-corrected chi connectivity index (χ0v) is 14.2. The molecule has 0 aliphatic carbocycles. The van der Waals surface area contributed by atoms with Crippen molar-refractivity contribution >= 4 is 21.6 Å². The van der Waals surface area contributed by atoms with Crippen LogP contribution in [0.1, 0.15) is 18.9 Å². The average molecular weight is 348 g/mol. The Hall–Kier alpha value is -2.38. The van der Waals surface area contributed by atoms with Crippen molar-refractivity contribution < 1.29 is 17.9 Å². The van der Waals surface area contributed by atoms with Gasteiger partial charge in [-0.3, -0.25) is 4.79 Å². The molecule has 2 aromatic carbocycles. The predicted molar refractivity (Wildman–Crippen MR) is 92.4 cm³/mol. The smallest absolute Gasteiger partial charge is 0.238 e. The van der Waals surface area contributed by atoms with Crippen LogP contribution in [0, 0.1) is 0 Å². The summed E-state index contributed by atoms with van der Waals surface area (Å²) in [7, 11) is -3.73. The second-order valence-electron chi connectivity index (χ2n) is 5.21. The maximum absolute atomic E-state index is 11.9. The second kappa shape index (κ2) is 7.94. The molecule has 0 aliphatic heterocycles. The van der Waals surface area contributed by atoms with E-state index < -0.39 is 10.0 Å². The van der Waals surface area contributed by atoms with Crippen molar-refractivity contribution in [1.82, 2.24) is 0 Å². The maximum Gasteiger partial charge on any atom is 0.238 e. The molecule has 0 radical (unpaired) electrons. The van der Waals surface area contributed by atoms with Crippen LogP contribution in [0.5, 0.6) is 5.75 Å². The molecule has 0 aromatic heterocycles. The molecule has 0 bridgehead atoms. The highest BCUT2D eigenvalue weighted by Crippen LogP contribution is 2.14. The molecular weight excluding hydrogens is 328 g/mol. The fourth-order valence-corrected chi connectivity index (χ4v) is 2.55. The van der Waals surface area contributed by atoms with Crippen LogP contribution in [-0.4, -0.2) is 20.9 Å². The van der Waals surface area contributed by atoms with Gasteiger partial charge in [-0.15, -0.1) is 0 Å². The van der Waals surface area contributed by atoms with Gasteiger partial charge < -0.3 is 10.1 Å². The third-order valence-corrected chi connectivity index (χ3v) is 4.33. The van der Waals surface area contributed by atoms with Crippen LogP contribution in [0.2, 0.25) is 0 Å². The number of ether oxygens (including phenoxy) is 1. The highest BCUT2D eigenvalue weighted by Gasteiger charge is 2.08. The monoisotopic (exact) mass is 348 g/mol. The van der Waals surface area contributed by atoms with Crippen molar-refractivity contribution in [2.45, 2.75) is 24.7 Å². The Morgan fingerprint density at radius 1 is 1.08 bits per heavy atom. The van der Waals surface area contributed by atoms with E-state index in [1.54, 1.807) is 0 Å². The predicted octanol–water partition coefficient (Wildman–Crippen LogP) is 2.30. The summed E-state index contributed by atoms with van der Waals surface area (Å²) in [5, 5.41) is 7.69. The quantitative estimate of drug-likeness (QED) is 0.802. The van der Waals surface area contributed by atoms with Gasteiger partial charge in [-0.25, -0.2) is 13.6 Å². The van der Waals surface area contributed by atoms with Gasteiger partial charge in [0.2, 0.25) is 15.9 Å². The Morgan fingerprint density at radius 2 is 1.71 bits per heavy atom. The number of hydrogen-bond acceptors (Lipinski definition) is 4. The standard InChI is InChI=1S/C17H20N2O4S/c1-2-13-3-7-15(8-4-13)23-12-11-17(20)19-14-5-9-16(10-6-14)24(18,21)22/h3-10H,2,11-12H2,1H3,(H,19,20)(H2,18,21,22).